The van der Waals surface area contributed by atoms with E-state index < -0.39 is 35.1 Å². The Morgan fingerprint density at radius 2 is 1.74 bits per heavy atom. The smallest absolute Gasteiger partial charge is 0.313 e. The molecule has 0 radical (unpaired) electrons. The summed E-state index contributed by atoms with van der Waals surface area (Å²) in [5, 5.41) is 13.0. The Morgan fingerprint density at radius 1 is 0.974 bits per heavy atom. The number of methoxy groups -OCH3 is 3. The lowest BCUT2D eigenvalue weighted by Gasteiger charge is -2.40. The summed E-state index contributed by atoms with van der Waals surface area (Å²) >= 11 is 0. The third-order valence-corrected chi connectivity index (χ3v) is 7.88. The maximum Gasteiger partial charge on any atom is 0.313 e. The molecule has 5 atom stereocenters. The van der Waals surface area contributed by atoms with Gasteiger partial charge < -0.3 is 38.3 Å². The number of ether oxygens (including phenoxy) is 7. The zero-order chi connectivity index (χ0) is 27.4. The highest BCUT2D eigenvalue weighted by molar-refractivity contribution is 5.79. The first-order chi connectivity index (χ1) is 18.9. The van der Waals surface area contributed by atoms with Crippen molar-refractivity contribution in [2.75, 3.05) is 28.1 Å². The molecule has 39 heavy (non-hydrogen) atoms. The van der Waals surface area contributed by atoms with E-state index in [2.05, 4.69) is 0 Å². The Labute approximate surface area is 223 Å². The van der Waals surface area contributed by atoms with Gasteiger partial charge in [-0.2, -0.15) is 0 Å². The second-order valence-corrected chi connectivity index (χ2v) is 9.47. The second-order valence-electron chi connectivity index (χ2n) is 9.47. The van der Waals surface area contributed by atoms with Crippen molar-refractivity contribution in [1.82, 2.24) is 0 Å². The van der Waals surface area contributed by atoms with Crippen LogP contribution < -0.4 is 23.7 Å². The highest BCUT2D eigenvalue weighted by Crippen LogP contribution is 2.71. The van der Waals surface area contributed by atoms with E-state index in [4.69, 9.17) is 33.2 Å². The van der Waals surface area contributed by atoms with Crippen LogP contribution in [0, 0.1) is 5.92 Å². The standard InChI is InChI=1S/C29H26O10/c1-33-18-12-21(34-2)25-22(13-18)39-29(17-9-10-19-20(11-17)38-15-37-19)24(16-7-5-4-6-8-16)23(27(31)35-3)26(36-14-30)28(25,29)32/h4-14,23-24,26,32H,15H2,1-3H3/t23-,24+,26-,28+,29+/m1/s1. The van der Waals surface area contributed by atoms with Crippen LogP contribution in [0.3, 0.4) is 0 Å². The molecule has 10 nitrogen and oxygen atoms in total. The van der Waals surface area contributed by atoms with Crippen LogP contribution in [0.5, 0.6) is 28.7 Å². The summed E-state index contributed by atoms with van der Waals surface area (Å²) in [6.45, 7) is 0.246. The van der Waals surface area contributed by atoms with Gasteiger partial charge in [0.2, 0.25) is 6.79 Å². The summed E-state index contributed by atoms with van der Waals surface area (Å²) in [7, 11) is 4.18. The molecule has 0 spiro atoms. The average Bonchev–Trinajstić information content (AvgIpc) is 3.60. The number of fused-ring (bicyclic) bond motifs is 4. The first-order valence-corrected chi connectivity index (χ1v) is 12.2. The van der Waals surface area contributed by atoms with Gasteiger partial charge in [0, 0.05) is 23.6 Å². The lowest BCUT2D eigenvalue weighted by molar-refractivity contribution is -0.177. The van der Waals surface area contributed by atoms with Crippen molar-refractivity contribution in [2.24, 2.45) is 5.92 Å². The zero-order valence-corrected chi connectivity index (χ0v) is 21.4. The number of carbonyl (C=O) groups excluding carboxylic acids is 2. The molecule has 0 aromatic heterocycles. The molecular formula is C29H26O10. The van der Waals surface area contributed by atoms with E-state index >= 15 is 0 Å². The molecule has 3 aliphatic rings. The highest BCUT2D eigenvalue weighted by Gasteiger charge is 2.79. The number of aliphatic hydroxyl groups is 1. The fourth-order valence-corrected chi connectivity index (χ4v) is 6.41. The minimum absolute atomic E-state index is 0.0337. The molecule has 2 heterocycles. The third kappa shape index (κ3) is 3.24. The van der Waals surface area contributed by atoms with Gasteiger partial charge >= 0.3 is 5.97 Å². The molecule has 1 N–H and O–H groups in total. The maximum atomic E-state index is 13.5. The largest absolute Gasteiger partial charge is 0.496 e. The predicted octanol–water partition coefficient (Wildman–Crippen LogP) is 3.04. The summed E-state index contributed by atoms with van der Waals surface area (Å²) in [5.41, 5.74) is -2.52. The number of esters is 1. The molecule has 1 aliphatic carbocycles. The van der Waals surface area contributed by atoms with Crippen LogP contribution >= 0.6 is 0 Å². The Kier molecular flexibility index (Phi) is 5.80. The molecule has 2 aliphatic heterocycles. The molecule has 3 aromatic rings. The molecule has 1 fully saturated rings. The van der Waals surface area contributed by atoms with Crippen molar-refractivity contribution in [3.63, 3.8) is 0 Å². The molecule has 10 heteroatoms. The number of carbonyl (C=O) groups is 2. The number of benzene rings is 3. The van der Waals surface area contributed by atoms with Gasteiger partial charge in [0.25, 0.3) is 6.47 Å². The number of hydrogen-bond donors (Lipinski definition) is 1. The van der Waals surface area contributed by atoms with E-state index in [1.54, 1.807) is 30.3 Å². The van der Waals surface area contributed by atoms with Gasteiger partial charge in [0.1, 0.15) is 23.2 Å². The predicted molar refractivity (Wildman–Crippen MR) is 134 cm³/mol. The molecule has 0 saturated heterocycles. The Bertz CT molecular complexity index is 1440. The van der Waals surface area contributed by atoms with Gasteiger partial charge in [-0.3, -0.25) is 9.59 Å². The maximum absolute atomic E-state index is 13.5. The van der Waals surface area contributed by atoms with Crippen molar-refractivity contribution >= 4 is 12.4 Å². The molecule has 1 saturated carbocycles. The topological polar surface area (TPSA) is 119 Å². The Hall–Kier alpha value is -4.44. The van der Waals surface area contributed by atoms with E-state index in [0.717, 1.165) is 0 Å². The molecule has 202 valence electrons. The van der Waals surface area contributed by atoms with Crippen molar-refractivity contribution in [3.05, 3.63) is 77.4 Å². The van der Waals surface area contributed by atoms with E-state index in [-0.39, 0.29) is 30.3 Å². The van der Waals surface area contributed by atoms with Gasteiger partial charge in [-0.15, -0.1) is 0 Å². The fraction of sp³-hybridized carbons (Fsp3) is 0.310. The average molecular weight is 535 g/mol. The van der Waals surface area contributed by atoms with Gasteiger partial charge in [0.15, 0.2) is 28.8 Å². The molecular weight excluding hydrogens is 508 g/mol. The first-order valence-electron chi connectivity index (χ1n) is 12.2. The van der Waals surface area contributed by atoms with Gasteiger partial charge in [0.05, 0.1) is 26.9 Å². The van der Waals surface area contributed by atoms with E-state index in [0.29, 0.717) is 28.4 Å². The van der Waals surface area contributed by atoms with E-state index in [1.165, 1.54) is 21.3 Å². The summed E-state index contributed by atoms with van der Waals surface area (Å²) in [4.78, 5) is 25.4. The molecule has 0 bridgehead atoms. The molecule has 6 rings (SSSR count). The van der Waals surface area contributed by atoms with Gasteiger partial charge in [-0.05, 0) is 17.7 Å². The Balaban J connectivity index is 1.74. The van der Waals surface area contributed by atoms with Crippen LogP contribution in [0.25, 0.3) is 0 Å². The normalized spacial score (nSPS) is 27.6. The van der Waals surface area contributed by atoms with Gasteiger partial charge in [-0.25, -0.2) is 0 Å². The SMILES string of the molecule is COC(=O)[C@H]1[C@@H](OC=O)[C@@]2(O)c3c(OC)cc(OC)cc3O[C@@]2(c2ccc3c(c2)OCO3)[C@H]1c1ccccc1. The minimum atomic E-state index is -2.13. The Morgan fingerprint density at radius 3 is 2.44 bits per heavy atom. The van der Waals surface area contributed by atoms with Crippen molar-refractivity contribution < 1.29 is 47.9 Å². The summed E-state index contributed by atoms with van der Waals surface area (Å²) in [5.74, 6) is -0.897. The van der Waals surface area contributed by atoms with Crippen LogP contribution in [0.15, 0.2) is 60.7 Å². The monoisotopic (exact) mass is 534 g/mol. The van der Waals surface area contributed by atoms with Crippen LogP contribution in [0.1, 0.15) is 22.6 Å². The van der Waals surface area contributed by atoms with Crippen LogP contribution in [0.2, 0.25) is 0 Å². The number of hydrogen-bond acceptors (Lipinski definition) is 10. The summed E-state index contributed by atoms with van der Waals surface area (Å²) in [6.07, 6.45) is -1.43. The zero-order valence-electron chi connectivity index (χ0n) is 21.4. The third-order valence-electron chi connectivity index (χ3n) is 7.88. The minimum Gasteiger partial charge on any atom is -0.496 e. The fourth-order valence-electron chi connectivity index (χ4n) is 6.41. The quantitative estimate of drug-likeness (QED) is 0.358. The van der Waals surface area contributed by atoms with Crippen LogP contribution in [-0.4, -0.2) is 51.8 Å². The summed E-state index contributed by atoms with van der Waals surface area (Å²) in [6, 6.07) is 17.5. The highest BCUT2D eigenvalue weighted by atomic mass is 16.7. The summed E-state index contributed by atoms with van der Waals surface area (Å²) < 4.78 is 40.0. The van der Waals surface area contributed by atoms with Crippen molar-refractivity contribution in [3.8, 4) is 28.7 Å². The van der Waals surface area contributed by atoms with Crippen LogP contribution in [-0.2, 0) is 30.3 Å². The lowest BCUT2D eigenvalue weighted by atomic mass is 9.70. The van der Waals surface area contributed by atoms with Gasteiger partial charge in [-0.1, -0.05) is 36.4 Å². The number of rotatable bonds is 7. The van der Waals surface area contributed by atoms with Crippen LogP contribution in [0.4, 0.5) is 0 Å². The van der Waals surface area contributed by atoms with E-state index in [1.807, 2.05) is 30.3 Å². The lowest BCUT2D eigenvalue weighted by Crippen LogP contribution is -2.52. The van der Waals surface area contributed by atoms with E-state index in [9.17, 15) is 14.7 Å². The van der Waals surface area contributed by atoms with Crippen molar-refractivity contribution in [2.45, 2.75) is 23.2 Å². The molecule has 0 unspecified atom stereocenters. The second kappa shape index (κ2) is 9.09. The first kappa shape index (κ1) is 24.9. The van der Waals surface area contributed by atoms with Crippen molar-refractivity contribution in [1.29, 1.82) is 0 Å². The molecule has 0 amide bonds. The molecule has 3 aromatic carbocycles.